The van der Waals surface area contributed by atoms with Crippen LogP contribution in [0.3, 0.4) is 0 Å². The molecule has 0 radical (unpaired) electrons. The van der Waals surface area contributed by atoms with Gasteiger partial charge in [-0.15, -0.1) is 11.3 Å². The van der Waals surface area contributed by atoms with Crippen molar-refractivity contribution in [2.45, 2.75) is 45.6 Å². The van der Waals surface area contributed by atoms with Gasteiger partial charge in [0, 0.05) is 4.88 Å². The Morgan fingerprint density at radius 1 is 1.23 bits per heavy atom. The van der Waals surface area contributed by atoms with Gasteiger partial charge < -0.3 is 20.1 Å². The number of nitrogens with one attached hydrogen (secondary N) is 2. The minimum absolute atomic E-state index is 0.181. The molecule has 140 valence electrons. The molecule has 1 aromatic rings. The number of fused-ring (bicyclic) bond motifs is 1. The maximum atomic E-state index is 12.3. The summed E-state index contributed by atoms with van der Waals surface area (Å²) in [5, 5.41) is 5.25. The van der Waals surface area contributed by atoms with E-state index in [1.165, 1.54) is 21.8 Å². The Bertz CT molecular complexity index is 746. The molecule has 1 aliphatic heterocycles. The van der Waals surface area contributed by atoms with Gasteiger partial charge in [-0.2, -0.15) is 0 Å². The van der Waals surface area contributed by atoms with Crippen molar-refractivity contribution >= 4 is 29.3 Å². The Hall–Kier alpha value is -2.35. The summed E-state index contributed by atoms with van der Waals surface area (Å²) in [6.07, 6.45) is 3.66. The normalized spacial score (nSPS) is 18.8. The lowest BCUT2D eigenvalue weighted by Crippen LogP contribution is -2.51. The minimum atomic E-state index is -0.520. The molecule has 0 fully saturated rings. The van der Waals surface area contributed by atoms with E-state index >= 15 is 0 Å². The first-order chi connectivity index (χ1) is 12.5. The molecule has 0 spiro atoms. The van der Waals surface area contributed by atoms with Gasteiger partial charge in [0.25, 0.3) is 0 Å². The van der Waals surface area contributed by atoms with Crippen molar-refractivity contribution < 1.29 is 23.9 Å². The first kappa shape index (κ1) is 18.4. The van der Waals surface area contributed by atoms with Crippen LogP contribution >= 0.6 is 11.3 Å². The molecule has 3 rings (SSSR count). The van der Waals surface area contributed by atoms with Crippen LogP contribution in [0.15, 0.2) is 17.3 Å². The van der Waals surface area contributed by atoms with Crippen LogP contribution in [0.5, 0.6) is 0 Å². The quantitative estimate of drug-likeness (QED) is 0.741. The molecule has 0 bridgehead atoms. The van der Waals surface area contributed by atoms with Crippen molar-refractivity contribution in [3.8, 4) is 0 Å². The number of carbonyl (C=O) groups is 3. The monoisotopic (exact) mass is 378 g/mol. The van der Waals surface area contributed by atoms with E-state index in [2.05, 4.69) is 10.6 Å². The van der Waals surface area contributed by atoms with Crippen molar-refractivity contribution in [1.29, 1.82) is 0 Å². The van der Waals surface area contributed by atoms with Gasteiger partial charge in [0.05, 0.1) is 23.9 Å². The molecule has 2 amide bonds. The van der Waals surface area contributed by atoms with E-state index in [1.807, 2.05) is 13.0 Å². The zero-order valence-corrected chi connectivity index (χ0v) is 15.7. The maximum Gasteiger partial charge on any atom is 0.348 e. The summed E-state index contributed by atoms with van der Waals surface area (Å²) in [4.78, 5) is 38.3. The van der Waals surface area contributed by atoms with Gasteiger partial charge >= 0.3 is 18.0 Å². The molecule has 8 heteroatoms. The summed E-state index contributed by atoms with van der Waals surface area (Å²) < 4.78 is 10.5. The van der Waals surface area contributed by atoms with Gasteiger partial charge in [-0.05, 0) is 44.2 Å². The average molecular weight is 378 g/mol. The Kier molecular flexibility index (Phi) is 5.61. The molecular formula is C18H22N2O5S. The van der Waals surface area contributed by atoms with Crippen LogP contribution in [0.2, 0.25) is 0 Å². The van der Waals surface area contributed by atoms with E-state index in [1.54, 1.807) is 6.92 Å². The highest BCUT2D eigenvalue weighted by atomic mass is 32.1. The molecule has 0 saturated carbocycles. The lowest BCUT2D eigenvalue weighted by Gasteiger charge is -2.28. The van der Waals surface area contributed by atoms with Crippen LogP contribution < -0.4 is 10.6 Å². The molecule has 2 heterocycles. The first-order valence-electron chi connectivity index (χ1n) is 8.79. The second-order valence-electron chi connectivity index (χ2n) is 6.16. The molecule has 0 saturated heterocycles. The summed E-state index contributed by atoms with van der Waals surface area (Å²) >= 11 is 1.46. The zero-order chi connectivity index (χ0) is 18.7. The third-order valence-electron chi connectivity index (χ3n) is 4.44. The molecule has 7 nitrogen and oxygen atoms in total. The molecular weight excluding hydrogens is 356 g/mol. The molecule has 26 heavy (non-hydrogen) atoms. The predicted octanol–water partition coefficient (Wildman–Crippen LogP) is 2.30. The van der Waals surface area contributed by atoms with Crippen molar-refractivity contribution in [3.05, 3.63) is 32.7 Å². The van der Waals surface area contributed by atoms with Crippen LogP contribution in [0.4, 0.5) is 4.79 Å². The standard InChI is InChI=1S/C18H22N2O5S/c1-3-11-15(17(22)24-4-2)12(20-18(23)19-11)9-25-16(21)14-8-10-6-5-7-13(10)26-14/h8,11H,3-7,9H2,1-2H3,(H2,19,20,23)/t11-/m1/s1. The average Bonchev–Trinajstić information content (AvgIpc) is 3.21. The molecule has 1 aliphatic carbocycles. The summed E-state index contributed by atoms with van der Waals surface area (Å²) in [6.45, 7) is 3.61. The van der Waals surface area contributed by atoms with Gasteiger partial charge in [0.1, 0.15) is 11.5 Å². The van der Waals surface area contributed by atoms with E-state index in [4.69, 9.17) is 9.47 Å². The van der Waals surface area contributed by atoms with Crippen LogP contribution in [0.25, 0.3) is 0 Å². The molecule has 1 aromatic heterocycles. The fourth-order valence-electron chi connectivity index (χ4n) is 3.21. The number of amides is 2. The third-order valence-corrected chi connectivity index (χ3v) is 5.66. The number of hydrogen-bond acceptors (Lipinski definition) is 6. The molecule has 2 aliphatic rings. The zero-order valence-electron chi connectivity index (χ0n) is 14.8. The van der Waals surface area contributed by atoms with E-state index in [-0.39, 0.29) is 18.9 Å². The van der Waals surface area contributed by atoms with E-state index in [0.717, 1.165) is 19.3 Å². The van der Waals surface area contributed by atoms with Gasteiger partial charge in [-0.3, -0.25) is 0 Å². The number of hydrogen-bond donors (Lipinski definition) is 2. The van der Waals surface area contributed by atoms with Crippen LogP contribution in [0.1, 0.15) is 46.8 Å². The minimum Gasteiger partial charge on any atom is -0.463 e. The summed E-state index contributed by atoms with van der Waals surface area (Å²) in [7, 11) is 0. The smallest absolute Gasteiger partial charge is 0.348 e. The van der Waals surface area contributed by atoms with E-state index < -0.39 is 24.0 Å². The van der Waals surface area contributed by atoms with Gasteiger partial charge in [-0.1, -0.05) is 6.92 Å². The number of aryl methyl sites for hydroxylation is 2. The highest BCUT2D eigenvalue weighted by Crippen LogP contribution is 2.31. The molecule has 0 aromatic carbocycles. The number of rotatable bonds is 6. The van der Waals surface area contributed by atoms with Crippen LogP contribution in [-0.4, -0.2) is 37.2 Å². The van der Waals surface area contributed by atoms with Gasteiger partial charge in [-0.25, -0.2) is 14.4 Å². The van der Waals surface area contributed by atoms with Crippen molar-refractivity contribution in [3.63, 3.8) is 0 Å². The maximum absolute atomic E-state index is 12.3. The largest absolute Gasteiger partial charge is 0.463 e. The number of thiophene rings is 1. The summed E-state index contributed by atoms with van der Waals surface area (Å²) in [5.74, 6) is -0.964. The summed E-state index contributed by atoms with van der Waals surface area (Å²) in [5.41, 5.74) is 1.79. The highest BCUT2D eigenvalue weighted by molar-refractivity contribution is 7.14. The molecule has 1 atom stereocenters. The molecule has 0 unspecified atom stereocenters. The third kappa shape index (κ3) is 3.75. The van der Waals surface area contributed by atoms with Crippen molar-refractivity contribution in [2.75, 3.05) is 13.2 Å². The van der Waals surface area contributed by atoms with Crippen molar-refractivity contribution in [2.24, 2.45) is 0 Å². The lowest BCUT2D eigenvalue weighted by atomic mass is 10.0. The fraction of sp³-hybridized carbons (Fsp3) is 0.500. The van der Waals surface area contributed by atoms with Crippen molar-refractivity contribution in [1.82, 2.24) is 10.6 Å². The van der Waals surface area contributed by atoms with Crippen LogP contribution in [0, 0.1) is 0 Å². The van der Waals surface area contributed by atoms with E-state index in [9.17, 15) is 14.4 Å². The Morgan fingerprint density at radius 3 is 2.73 bits per heavy atom. The number of esters is 2. The van der Waals surface area contributed by atoms with Gasteiger partial charge in [0.2, 0.25) is 0 Å². The SMILES string of the molecule is CCOC(=O)C1=C(COC(=O)c2cc3c(s2)CCC3)NC(=O)N[C@@H]1CC. The van der Waals surface area contributed by atoms with E-state index in [0.29, 0.717) is 16.9 Å². The van der Waals surface area contributed by atoms with Crippen LogP contribution in [-0.2, 0) is 27.1 Å². The Balaban J connectivity index is 1.76. The number of ether oxygens (including phenoxy) is 2. The second-order valence-corrected chi connectivity index (χ2v) is 7.30. The Labute approximate surface area is 155 Å². The first-order valence-corrected chi connectivity index (χ1v) is 9.61. The number of carbonyl (C=O) groups excluding carboxylic acids is 3. The Morgan fingerprint density at radius 2 is 2.04 bits per heavy atom. The topological polar surface area (TPSA) is 93.7 Å². The fourth-order valence-corrected chi connectivity index (χ4v) is 4.36. The molecule has 2 N–H and O–H groups in total. The predicted molar refractivity (Wildman–Crippen MR) is 96.0 cm³/mol. The highest BCUT2D eigenvalue weighted by Gasteiger charge is 2.32. The summed E-state index contributed by atoms with van der Waals surface area (Å²) in [6, 6.07) is 0.985. The second kappa shape index (κ2) is 7.90. The lowest BCUT2D eigenvalue weighted by molar-refractivity contribution is -0.139. The van der Waals surface area contributed by atoms with Gasteiger partial charge in [0.15, 0.2) is 0 Å². The number of urea groups is 1.